The second kappa shape index (κ2) is 3.15. The first-order valence-corrected chi connectivity index (χ1v) is 3.24. The number of ether oxygens (including phenoxy) is 1. The minimum atomic E-state index is -0.219. The molecular formula is C6H13NO2. The quantitative estimate of drug-likeness (QED) is 0.497. The third-order valence-electron chi connectivity index (χ3n) is 1.62. The molecule has 0 amide bonds. The van der Waals surface area contributed by atoms with E-state index in [4.69, 9.17) is 9.84 Å². The Bertz CT molecular complexity index is 87.1. The Morgan fingerprint density at radius 1 is 1.56 bits per heavy atom. The van der Waals surface area contributed by atoms with E-state index in [0.717, 1.165) is 13.0 Å². The first kappa shape index (κ1) is 6.99. The average molecular weight is 131 g/mol. The summed E-state index contributed by atoms with van der Waals surface area (Å²) in [6.45, 7) is 1.58. The number of aliphatic hydroxyl groups is 1. The molecule has 0 saturated carbocycles. The smallest absolute Gasteiger partial charge is 0.0720 e. The van der Waals surface area contributed by atoms with Gasteiger partial charge in [0, 0.05) is 26.6 Å². The molecule has 2 atom stereocenters. The van der Waals surface area contributed by atoms with Crippen LogP contribution in [0.5, 0.6) is 0 Å². The lowest BCUT2D eigenvalue weighted by Crippen LogP contribution is -2.42. The molecule has 0 aromatic heterocycles. The highest BCUT2D eigenvalue weighted by Gasteiger charge is 2.18. The van der Waals surface area contributed by atoms with Gasteiger partial charge in [-0.05, 0) is 0 Å². The van der Waals surface area contributed by atoms with Crippen LogP contribution in [0.3, 0.4) is 0 Å². The molecule has 9 heavy (non-hydrogen) atoms. The van der Waals surface area contributed by atoms with Crippen LogP contribution >= 0.6 is 0 Å². The molecule has 3 heteroatoms. The van der Waals surface area contributed by atoms with Crippen molar-refractivity contribution in [3.8, 4) is 0 Å². The third-order valence-corrected chi connectivity index (χ3v) is 1.62. The first-order valence-electron chi connectivity index (χ1n) is 3.24. The van der Waals surface area contributed by atoms with Crippen LogP contribution in [0.1, 0.15) is 6.42 Å². The Hall–Kier alpha value is -0.120. The maximum Gasteiger partial charge on any atom is 0.0720 e. The lowest BCUT2D eigenvalue weighted by Gasteiger charge is -2.25. The van der Waals surface area contributed by atoms with Gasteiger partial charge in [0.2, 0.25) is 0 Å². The molecule has 0 aromatic carbocycles. The van der Waals surface area contributed by atoms with Gasteiger partial charge in [0.15, 0.2) is 0 Å². The van der Waals surface area contributed by atoms with E-state index in [1.807, 2.05) is 0 Å². The van der Waals surface area contributed by atoms with Crippen molar-refractivity contribution in [2.45, 2.75) is 18.6 Å². The van der Waals surface area contributed by atoms with E-state index in [2.05, 4.69) is 5.32 Å². The minimum absolute atomic E-state index is 0.203. The van der Waals surface area contributed by atoms with Crippen molar-refractivity contribution in [2.24, 2.45) is 0 Å². The Morgan fingerprint density at radius 2 is 2.33 bits per heavy atom. The first-order chi connectivity index (χ1) is 4.33. The van der Waals surface area contributed by atoms with E-state index in [1.54, 1.807) is 7.11 Å². The van der Waals surface area contributed by atoms with Crippen molar-refractivity contribution in [3.05, 3.63) is 0 Å². The molecule has 0 radical (unpaired) electrons. The highest BCUT2D eigenvalue weighted by atomic mass is 16.5. The van der Waals surface area contributed by atoms with Gasteiger partial charge < -0.3 is 15.2 Å². The van der Waals surface area contributed by atoms with Crippen LogP contribution in [0.15, 0.2) is 0 Å². The largest absolute Gasteiger partial charge is 0.392 e. The molecule has 0 spiro atoms. The lowest BCUT2D eigenvalue weighted by molar-refractivity contribution is 0.0225. The third kappa shape index (κ3) is 1.93. The standard InChI is InChI=1S/C6H13NO2/c1-9-6-2-5(8)3-7-4-6/h5-8H,2-4H2,1H3/t5-,6+/m1/s1. The van der Waals surface area contributed by atoms with Gasteiger partial charge in [-0.2, -0.15) is 0 Å². The predicted molar refractivity (Wildman–Crippen MR) is 34.3 cm³/mol. The molecule has 54 valence electrons. The Labute approximate surface area is 55.0 Å². The Kier molecular flexibility index (Phi) is 2.45. The van der Waals surface area contributed by atoms with Crippen LogP contribution in [0, 0.1) is 0 Å². The summed E-state index contributed by atoms with van der Waals surface area (Å²) in [5.74, 6) is 0. The van der Waals surface area contributed by atoms with E-state index in [1.165, 1.54) is 0 Å². The number of rotatable bonds is 1. The number of aliphatic hydroxyl groups excluding tert-OH is 1. The molecule has 1 rings (SSSR count). The number of nitrogens with one attached hydrogen (secondary N) is 1. The van der Waals surface area contributed by atoms with Gasteiger partial charge in [-0.1, -0.05) is 0 Å². The summed E-state index contributed by atoms with van der Waals surface area (Å²) in [6.07, 6.45) is 0.751. The zero-order valence-corrected chi connectivity index (χ0v) is 5.63. The van der Waals surface area contributed by atoms with E-state index in [0.29, 0.717) is 6.54 Å². The maximum absolute atomic E-state index is 9.07. The van der Waals surface area contributed by atoms with Crippen molar-refractivity contribution in [3.63, 3.8) is 0 Å². The molecule has 2 N–H and O–H groups in total. The highest BCUT2D eigenvalue weighted by Crippen LogP contribution is 2.04. The monoisotopic (exact) mass is 131 g/mol. The van der Waals surface area contributed by atoms with Gasteiger partial charge in [0.25, 0.3) is 0 Å². The summed E-state index contributed by atoms with van der Waals surface area (Å²) in [4.78, 5) is 0. The zero-order chi connectivity index (χ0) is 6.69. The summed E-state index contributed by atoms with van der Waals surface area (Å²) in [7, 11) is 1.67. The van der Waals surface area contributed by atoms with Crippen molar-refractivity contribution in [2.75, 3.05) is 20.2 Å². The predicted octanol–water partition coefficient (Wildman–Crippen LogP) is -0.644. The van der Waals surface area contributed by atoms with Crippen molar-refractivity contribution in [1.29, 1.82) is 0 Å². The zero-order valence-electron chi connectivity index (χ0n) is 5.63. The summed E-state index contributed by atoms with van der Waals surface area (Å²) in [5, 5.41) is 12.1. The van der Waals surface area contributed by atoms with Crippen LogP contribution in [-0.2, 0) is 4.74 Å². The molecule has 1 fully saturated rings. The summed E-state index contributed by atoms with van der Waals surface area (Å²) in [5.41, 5.74) is 0. The lowest BCUT2D eigenvalue weighted by atomic mass is 10.1. The fourth-order valence-electron chi connectivity index (χ4n) is 1.06. The van der Waals surface area contributed by atoms with Gasteiger partial charge in [0.05, 0.1) is 12.2 Å². The molecular weight excluding hydrogens is 118 g/mol. The van der Waals surface area contributed by atoms with Crippen molar-refractivity contribution < 1.29 is 9.84 Å². The van der Waals surface area contributed by atoms with Gasteiger partial charge in [-0.3, -0.25) is 0 Å². The second-order valence-electron chi connectivity index (χ2n) is 2.41. The fourth-order valence-corrected chi connectivity index (χ4v) is 1.06. The molecule has 0 aromatic rings. The van der Waals surface area contributed by atoms with Gasteiger partial charge >= 0.3 is 0 Å². The Balaban J connectivity index is 2.23. The topological polar surface area (TPSA) is 41.5 Å². The number of β-amino-alcohol motifs (C(OH)–C–C–N with tert-alkyl or cyclic N) is 1. The van der Waals surface area contributed by atoms with Crippen molar-refractivity contribution in [1.82, 2.24) is 5.32 Å². The number of methoxy groups -OCH3 is 1. The van der Waals surface area contributed by atoms with E-state index < -0.39 is 0 Å². The molecule has 1 heterocycles. The van der Waals surface area contributed by atoms with Crippen LogP contribution < -0.4 is 5.32 Å². The van der Waals surface area contributed by atoms with Crippen molar-refractivity contribution >= 4 is 0 Å². The molecule has 0 bridgehead atoms. The minimum Gasteiger partial charge on any atom is -0.392 e. The van der Waals surface area contributed by atoms with Gasteiger partial charge in [-0.25, -0.2) is 0 Å². The molecule has 1 saturated heterocycles. The molecule has 0 aliphatic carbocycles. The molecule has 0 unspecified atom stereocenters. The highest BCUT2D eigenvalue weighted by molar-refractivity contribution is 4.74. The van der Waals surface area contributed by atoms with E-state index in [-0.39, 0.29) is 12.2 Å². The van der Waals surface area contributed by atoms with Crippen LogP contribution in [0.4, 0.5) is 0 Å². The maximum atomic E-state index is 9.07. The number of piperidine rings is 1. The summed E-state index contributed by atoms with van der Waals surface area (Å²) < 4.78 is 5.04. The number of hydrogen-bond acceptors (Lipinski definition) is 3. The molecule has 1 aliphatic rings. The number of hydrogen-bond donors (Lipinski definition) is 2. The van der Waals surface area contributed by atoms with Crippen LogP contribution in [-0.4, -0.2) is 37.5 Å². The van der Waals surface area contributed by atoms with Gasteiger partial charge in [-0.15, -0.1) is 0 Å². The normalized spacial score (nSPS) is 36.7. The van der Waals surface area contributed by atoms with Crippen LogP contribution in [0.25, 0.3) is 0 Å². The average Bonchev–Trinajstić information content (AvgIpc) is 1.88. The SMILES string of the molecule is CO[C@@H]1CNC[C@H](O)C1. The summed E-state index contributed by atoms with van der Waals surface area (Å²) >= 11 is 0. The van der Waals surface area contributed by atoms with Gasteiger partial charge in [0.1, 0.15) is 0 Å². The summed E-state index contributed by atoms with van der Waals surface area (Å²) in [6, 6.07) is 0. The fraction of sp³-hybridized carbons (Fsp3) is 1.00. The molecule has 3 nitrogen and oxygen atoms in total. The van der Waals surface area contributed by atoms with Crippen LogP contribution in [0.2, 0.25) is 0 Å². The van der Waals surface area contributed by atoms with E-state index >= 15 is 0 Å². The molecule has 1 aliphatic heterocycles. The second-order valence-corrected chi connectivity index (χ2v) is 2.41. The van der Waals surface area contributed by atoms with E-state index in [9.17, 15) is 0 Å². The Morgan fingerprint density at radius 3 is 2.78 bits per heavy atom.